The van der Waals surface area contributed by atoms with Gasteiger partial charge in [0.2, 0.25) is 0 Å². The van der Waals surface area contributed by atoms with Gasteiger partial charge in [-0.25, -0.2) is 0 Å². The molecule has 2 aromatic rings. The number of hydrogen-bond donors (Lipinski definition) is 0. The number of rotatable bonds is 3. The molecule has 0 spiro atoms. The fraction of sp³-hybridized carbons (Fsp3) is 0.143. The minimum absolute atomic E-state index is 0.874. The molecule has 0 aliphatic heterocycles. The van der Waals surface area contributed by atoms with Crippen LogP contribution in [0.2, 0.25) is 0 Å². The van der Waals surface area contributed by atoms with E-state index in [4.69, 9.17) is 4.74 Å². The normalized spacial score (nSPS) is 10.1. The van der Waals surface area contributed by atoms with Crippen molar-refractivity contribution in [2.24, 2.45) is 0 Å². The molecule has 0 bridgehead atoms. The SMILES string of the molecule is CCc1ccc(P)c(Oc2ccccc2)c1. The molecule has 0 aromatic heterocycles. The van der Waals surface area contributed by atoms with E-state index in [-0.39, 0.29) is 0 Å². The molecule has 0 aliphatic carbocycles. The van der Waals surface area contributed by atoms with Gasteiger partial charge in [-0.05, 0) is 30.2 Å². The highest BCUT2D eigenvalue weighted by Crippen LogP contribution is 2.22. The van der Waals surface area contributed by atoms with Crippen LogP contribution in [-0.4, -0.2) is 0 Å². The van der Waals surface area contributed by atoms with Crippen LogP contribution in [0.5, 0.6) is 11.5 Å². The van der Waals surface area contributed by atoms with Crippen LogP contribution in [0.25, 0.3) is 0 Å². The third kappa shape index (κ3) is 2.62. The Morgan fingerprint density at radius 3 is 2.50 bits per heavy atom. The first-order chi connectivity index (χ1) is 7.79. The molecular formula is C14H15OP. The van der Waals surface area contributed by atoms with Gasteiger partial charge in [0.1, 0.15) is 11.5 Å². The molecule has 0 heterocycles. The molecule has 1 unspecified atom stereocenters. The van der Waals surface area contributed by atoms with E-state index in [1.165, 1.54) is 5.56 Å². The highest BCUT2D eigenvalue weighted by Gasteiger charge is 2.02. The van der Waals surface area contributed by atoms with Crippen molar-refractivity contribution in [3.05, 3.63) is 54.1 Å². The summed E-state index contributed by atoms with van der Waals surface area (Å²) in [4.78, 5) is 0. The fourth-order valence-electron chi connectivity index (χ4n) is 1.50. The summed E-state index contributed by atoms with van der Waals surface area (Å²) in [5.41, 5.74) is 1.29. The summed E-state index contributed by atoms with van der Waals surface area (Å²) in [5.74, 6) is 1.79. The van der Waals surface area contributed by atoms with Crippen molar-refractivity contribution in [1.29, 1.82) is 0 Å². The molecular weight excluding hydrogens is 215 g/mol. The largest absolute Gasteiger partial charge is 0.457 e. The van der Waals surface area contributed by atoms with Crippen LogP contribution in [0, 0.1) is 0 Å². The van der Waals surface area contributed by atoms with Crippen molar-refractivity contribution in [2.75, 3.05) is 0 Å². The summed E-state index contributed by atoms with van der Waals surface area (Å²) in [7, 11) is 2.70. The van der Waals surface area contributed by atoms with E-state index in [0.717, 1.165) is 23.2 Å². The molecule has 0 amide bonds. The van der Waals surface area contributed by atoms with Crippen molar-refractivity contribution >= 4 is 14.5 Å². The van der Waals surface area contributed by atoms with Crippen LogP contribution in [0.4, 0.5) is 0 Å². The quantitative estimate of drug-likeness (QED) is 0.733. The number of aryl methyl sites for hydroxylation is 1. The average molecular weight is 230 g/mol. The minimum atomic E-state index is 0.874. The third-order valence-electron chi connectivity index (χ3n) is 2.46. The number of hydrogen-bond acceptors (Lipinski definition) is 1. The van der Waals surface area contributed by atoms with E-state index in [1.807, 2.05) is 30.3 Å². The van der Waals surface area contributed by atoms with Gasteiger partial charge in [0.05, 0.1) is 0 Å². The summed E-state index contributed by atoms with van der Waals surface area (Å²) in [6, 6.07) is 16.1. The smallest absolute Gasteiger partial charge is 0.134 e. The lowest BCUT2D eigenvalue weighted by molar-refractivity contribution is 0.486. The Kier molecular flexibility index (Phi) is 3.58. The monoisotopic (exact) mass is 230 g/mol. The van der Waals surface area contributed by atoms with Crippen molar-refractivity contribution in [2.45, 2.75) is 13.3 Å². The van der Waals surface area contributed by atoms with E-state index in [1.54, 1.807) is 0 Å². The Morgan fingerprint density at radius 2 is 1.81 bits per heavy atom. The van der Waals surface area contributed by atoms with Crippen molar-refractivity contribution < 1.29 is 4.74 Å². The highest BCUT2D eigenvalue weighted by atomic mass is 31.0. The molecule has 0 saturated heterocycles. The second-order valence-corrected chi connectivity index (χ2v) is 4.26. The second-order valence-electron chi connectivity index (χ2n) is 3.64. The van der Waals surface area contributed by atoms with Gasteiger partial charge in [-0.1, -0.05) is 37.3 Å². The maximum Gasteiger partial charge on any atom is 0.134 e. The molecule has 0 N–H and O–H groups in total. The van der Waals surface area contributed by atoms with Gasteiger partial charge in [-0.3, -0.25) is 0 Å². The van der Waals surface area contributed by atoms with E-state index >= 15 is 0 Å². The Balaban J connectivity index is 2.27. The predicted octanol–water partition coefficient (Wildman–Crippen LogP) is 3.54. The van der Waals surface area contributed by atoms with E-state index in [2.05, 4.69) is 34.4 Å². The minimum Gasteiger partial charge on any atom is -0.457 e. The fourth-order valence-corrected chi connectivity index (χ4v) is 1.74. The Morgan fingerprint density at radius 1 is 1.06 bits per heavy atom. The summed E-state index contributed by atoms with van der Waals surface area (Å²) in [6.45, 7) is 2.14. The molecule has 2 heteroatoms. The Bertz CT molecular complexity index is 465. The molecule has 2 aromatic carbocycles. The summed E-state index contributed by atoms with van der Waals surface area (Å²) in [6.07, 6.45) is 1.02. The summed E-state index contributed by atoms with van der Waals surface area (Å²) >= 11 is 0. The van der Waals surface area contributed by atoms with Crippen LogP contribution in [0.1, 0.15) is 12.5 Å². The predicted molar refractivity (Wildman–Crippen MR) is 71.7 cm³/mol. The molecule has 82 valence electrons. The zero-order chi connectivity index (χ0) is 11.4. The summed E-state index contributed by atoms with van der Waals surface area (Å²) < 4.78 is 5.83. The van der Waals surface area contributed by atoms with Gasteiger partial charge in [0.25, 0.3) is 0 Å². The maximum absolute atomic E-state index is 5.83. The molecule has 1 nitrogen and oxygen atoms in total. The van der Waals surface area contributed by atoms with Crippen molar-refractivity contribution in [3.8, 4) is 11.5 Å². The van der Waals surface area contributed by atoms with Crippen LogP contribution in [0.15, 0.2) is 48.5 Å². The molecule has 0 saturated carbocycles. The number of benzene rings is 2. The lowest BCUT2D eigenvalue weighted by atomic mass is 10.1. The van der Waals surface area contributed by atoms with Gasteiger partial charge >= 0.3 is 0 Å². The van der Waals surface area contributed by atoms with Crippen LogP contribution >= 0.6 is 9.24 Å². The lowest BCUT2D eigenvalue weighted by Gasteiger charge is -2.09. The average Bonchev–Trinajstić information content (AvgIpc) is 2.33. The first kappa shape index (κ1) is 11.2. The third-order valence-corrected chi connectivity index (χ3v) is 2.93. The lowest BCUT2D eigenvalue weighted by Crippen LogP contribution is -1.98. The van der Waals surface area contributed by atoms with Crippen molar-refractivity contribution in [3.63, 3.8) is 0 Å². The zero-order valence-electron chi connectivity index (χ0n) is 9.31. The Hall–Kier alpha value is -1.33. The second kappa shape index (κ2) is 5.14. The molecule has 0 fully saturated rings. The van der Waals surface area contributed by atoms with Crippen LogP contribution < -0.4 is 10.0 Å². The number of para-hydroxylation sites is 1. The van der Waals surface area contributed by atoms with E-state index in [9.17, 15) is 0 Å². The van der Waals surface area contributed by atoms with Gasteiger partial charge in [0, 0.05) is 5.30 Å². The first-order valence-corrected chi connectivity index (χ1v) is 5.98. The van der Waals surface area contributed by atoms with Gasteiger partial charge < -0.3 is 4.74 Å². The zero-order valence-corrected chi connectivity index (χ0v) is 10.5. The highest BCUT2D eigenvalue weighted by molar-refractivity contribution is 7.27. The maximum atomic E-state index is 5.83. The van der Waals surface area contributed by atoms with Gasteiger partial charge in [0.15, 0.2) is 0 Å². The molecule has 0 radical (unpaired) electrons. The van der Waals surface area contributed by atoms with Gasteiger partial charge in [-0.15, -0.1) is 9.24 Å². The molecule has 16 heavy (non-hydrogen) atoms. The van der Waals surface area contributed by atoms with E-state index < -0.39 is 0 Å². The van der Waals surface area contributed by atoms with E-state index in [0.29, 0.717) is 0 Å². The first-order valence-electron chi connectivity index (χ1n) is 5.41. The van der Waals surface area contributed by atoms with Crippen LogP contribution in [0.3, 0.4) is 0 Å². The van der Waals surface area contributed by atoms with Gasteiger partial charge in [-0.2, -0.15) is 0 Å². The molecule has 2 rings (SSSR count). The Labute approximate surface area is 98.7 Å². The van der Waals surface area contributed by atoms with Crippen molar-refractivity contribution in [1.82, 2.24) is 0 Å². The summed E-state index contributed by atoms with van der Waals surface area (Å²) in [5, 5.41) is 1.08. The standard InChI is InChI=1S/C14H15OP/c1-2-11-8-9-14(16)13(10-11)15-12-6-4-3-5-7-12/h3-10H,2,16H2,1H3. The molecule has 1 atom stereocenters. The topological polar surface area (TPSA) is 9.23 Å². The number of ether oxygens (including phenoxy) is 1. The van der Waals surface area contributed by atoms with Crippen LogP contribution in [-0.2, 0) is 6.42 Å². The molecule has 0 aliphatic rings.